The second kappa shape index (κ2) is 2.89. The normalized spacial score (nSPS) is 28.2. The van der Waals surface area contributed by atoms with Gasteiger partial charge in [0.25, 0.3) is 0 Å². The molecule has 0 saturated carbocycles. The molecule has 1 heterocycles. The van der Waals surface area contributed by atoms with E-state index in [0.29, 0.717) is 0 Å². The van der Waals surface area contributed by atoms with Crippen LogP contribution in [-0.4, -0.2) is 24.5 Å². The summed E-state index contributed by atoms with van der Waals surface area (Å²) in [6.07, 6.45) is 6.48. The highest BCUT2D eigenvalue weighted by molar-refractivity contribution is 4.90. The lowest BCUT2D eigenvalue weighted by molar-refractivity contribution is 0.369. The van der Waals surface area contributed by atoms with E-state index in [-0.39, 0.29) is 0 Å². The SMILES string of the molecule is C#CCN1CCC(C)C1. The minimum Gasteiger partial charge on any atom is -0.292 e. The average molecular weight is 123 g/mol. The molecule has 1 rings (SSSR count). The monoisotopic (exact) mass is 123 g/mol. The molecular formula is C8H13N. The van der Waals surface area contributed by atoms with Crippen molar-refractivity contribution in [3.63, 3.8) is 0 Å². The fourth-order valence-electron chi connectivity index (χ4n) is 1.30. The van der Waals surface area contributed by atoms with Crippen LogP contribution in [0.3, 0.4) is 0 Å². The maximum Gasteiger partial charge on any atom is 0.0599 e. The van der Waals surface area contributed by atoms with Gasteiger partial charge in [-0.25, -0.2) is 0 Å². The van der Waals surface area contributed by atoms with E-state index in [9.17, 15) is 0 Å². The lowest BCUT2D eigenvalue weighted by Crippen LogP contribution is -2.20. The number of terminal acetylenes is 1. The van der Waals surface area contributed by atoms with Gasteiger partial charge in [0, 0.05) is 6.54 Å². The molecule has 0 aromatic rings. The van der Waals surface area contributed by atoms with Gasteiger partial charge in [0.1, 0.15) is 0 Å². The minimum atomic E-state index is 0.838. The molecule has 50 valence electrons. The zero-order chi connectivity index (χ0) is 6.69. The maximum absolute atomic E-state index is 5.16. The molecule has 0 N–H and O–H groups in total. The Hall–Kier alpha value is -0.480. The van der Waals surface area contributed by atoms with Crippen LogP contribution in [0.4, 0.5) is 0 Å². The lowest BCUT2D eigenvalue weighted by Gasteiger charge is -2.09. The first-order valence-corrected chi connectivity index (χ1v) is 3.48. The molecule has 1 atom stereocenters. The third kappa shape index (κ3) is 1.73. The van der Waals surface area contributed by atoms with Crippen LogP contribution in [0, 0.1) is 18.3 Å². The second-order valence-electron chi connectivity index (χ2n) is 2.83. The highest BCUT2D eigenvalue weighted by atomic mass is 15.1. The van der Waals surface area contributed by atoms with Crippen molar-refractivity contribution in [2.75, 3.05) is 19.6 Å². The third-order valence-corrected chi connectivity index (χ3v) is 1.82. The molecule has 1 aliphatic rings. The predicted octanol–water partition coefficient (Wildman–Crippen LogP) is 0.961. The second-order valence-corrected chi connectivity index (χ2v) is 2.83. The highest BCUT2D eigenvalue weighted by Gasteiger charge is 2.16. The first kappa shape index (κ1) is 6.64. The Balaban J connectivity index is 2.24. The molecule has 1 heteroatoms. The number of hydrogen-bond acceptors (Lipinski definition) is 1. The number of nitrogens with zero attached hydrogens (tertiary/aromatic N) is 1. The molecule has 0 spiro atoms. The molecule has 1 fully saturated rings. The topological polar surface area (TPSA) is 3.24 Å². The summed E-state index contributed by atoms with van der Waals surface area (Å²) in [6, 6.07) is 0. The summed E-state index contributed by atoms with van der Waals surface area (Å²) >= 11 is 0. The Morgan fingerprint density at radius 2 is 2.56 bits per heavy atom. The van der Waals surface area contributed by atoms with Gasteiger partial charge in [-0.15, -0.1) is 6.42 Å². The van der Waals surface area contributed by atoms with E-state index in [0.717, 1.165) is 12.5 Å². The van der Waals surface area contributed by atoms with E-state index >= 15 is 0 Å². The smallest absolute Gasteiger partial charge is 0.0599 e. The van der Waals surface area contributed by atoms with Gasteiger partial charge in [-0.1, -0.05) is 12.8 Å². The maximum atomic E-state index is 5.16. The summed E-state index contributed by atoms with van der Waals surface area (Å²) < 4.78 is 0. The van der Waals surface area contributed by atoms with Gasteiger partial charge in [-0.3, -0.25) is 4.90 Å². The van der Waals surface area contributed by atoms with E-state index in [1.54, 1.807) is 0 Å². The molecule has 1 unspecified atom stereocenters. The van der Waals surface area contributed by atoms with Gasteiger partial charge in [0.2, 0.25) is 0 Å². The van der Waals surface area contributed by atoms with Crippen LogP contribution in [0.15, 0.2) is 0 Å². The Morgan fingerprint density at radius 1 is 1.78 bits per heavy atom. The largest absolute Gasteiger partial charge is 0.292 e. The van der Waals surface area contributed by atoms with Crippen LogP contribution < -0.4 is 0 Å². The van der Waals surface area contributed by atoms with Crippen LogP contribution in [0.25, 0.3) is 0 Å². The summed E-state index contributed by atoms with van der Waals surface area (Å²) in [4.78, 5) is 2.32. The summed E-state index contributed by atoms with van der Waals surface area (Å²) in [5.41, 5.74) is 0. The molecule has 9 heavy (non-hydrogen) atoms. The summed E-state index contributed by atoms with van der Waals surface area (Å²) in [5, 5.41) is 0. The van der Waals surface area contributed by atoms with Crippen molar-refractivity contribution >= 4 is 0 Å². The van der Waals surface area contributed by atoms with E-state index < -0.39 is 0 Å². The molecule has 0 aliphatic carbocycles. The van der Waals surface area contributed by atoms with E-state index in [4.69, 9.17) is 6.42 Å². The average Bonchev–Trinajstić information content (AvgIpc) is 2.17. The van der Waals surface area contributed by atoms with Gasteiger partial charge < -0.3 is 0 Å². The van der Waals surface area contributed by atoms with Gasteiger partial charge in [-0.2, -0.15) is 0 Å². The van der Waals surface area contributed by atoms with E-state index in [1.807, 2.05) is 0 Å². The molecule has 0 bridgehead atoms. The summed E-state index contributed by atoms with van der Waals surface area (Å²) in [6.45, 7) is 5.51. The molecule has 1 aliphatic heterocycles. The van der Waals surface area contributed by atoms with Crippen molar-refractivity contribution in [1.82, 2.24) is 4.90 Å². The van der Waals surface area contributed by atoms with Gasteiger partial charge in [0.15, 0.2) is 0 Å². The standard InChI is InChI=1S/C8H13N/c1-3-5-9-6-4-8(2)7-9/h1,8H,4-7H2,2H3. The lowest BCUT2D eigenvalue weighted by atomic mass is 10.2. The minimum absolute atomic E-state index is 0.838. The third-order valence-electron chi connectivity index (χ3n) is 1.82. The van der Waals surface area contributed by atoms with Crippen molar-refractivity contribution in [1.29, 1.82) is 0 Å². The van der Waals surface area contributed by atoms with E-state index in [1.165, 1.54) is 19.5 Å². The van der Waals surface area contributed by atoms with E-state index in [2.05, 4.69) is 17.7 Å². The quantitative estimate of drug-likeness (QED) is 0.469. The fraction of sp³-hybridized carbons (Fsp3) is 0.750. The Kier molecular flexibility index (Phi) is 2.13. The van der Waals surface area contributed by atoms with Crippen molar-refractivity contribution < 1.29 is 0 Å². The number of likely N-dealkylation sites (tertiary alicyclic amines) is 1. The first-order valence-electron chi connectivity index (χ1n) is 3.48. The fourth-order valence-corrected chi connectivity index (χ4v) is 1.30. The predicted molar refractivity (Wildman–Crippen MR) is 39.1 cm³/mol. The Morgan fingerprint density at radius 3 is 3.00 bits per heavy atom. The van der Waals surface area contributed by atoms with Crippen LogP contribution in [0.2, 0.25) is 0 Å². The van der Waals surface area contributed by atoms with Crippen molar-refractivity contribution in [3.05, 3.63) is 0 Å². The summed E-state index contributed by atoms with van der Waals surface area (Å²) in [5.74, 6) is 3.52. The van der Waals surface area contributed by atoms with Crippen LogP contribution >= 0.6 is 0 Å². The summed E-state index contributed by atoms with van der Waals surface area (Å²) in [7, 11) is 0. The molecular weight excluding hydrogens is 110 g/mol. The van der Waals surface area contributed by atoms with Crippen molar-refractivity contribution in [3.8, 4) is 12.3 Å². The molecule has 1 nitrogen and oxygen atoms in total. The molecule has 0 radical (unpaired) electrons. The zero-order valence-corrected chi connectivity index (χ0v) is 5.93. The van der Waals surface area contributed by atoms with Gasteiger partial charge in [0.05, 0.1) is 6.54 Å². The van der Waals surface area contributed by atoms with Crippen molar-refractivity contribution in [2.45, 2.75) is 13.3 Å². The zero-order valence-electron chi connectivity index (χ0n) is 5.93. The Labute approximate surface area is 57.0 Å². The van der Waals surface area contributed by atoms with Gasteiger partial charge in [-0.05, 0) is 18.9 Å². The number of rotatable bonds is 1. The molecule has 1 saturated heterocycles. The molecule has 0 aromatic carbocycles. The Bertz CT molecular complexity index is 123. The van der Waals surface area contributed by atoms with Crippen LogP contribution in [0.5, 0.6) is 0 Å². The van der Waals surface area contributed by atoms with Crippen LogP contribution in [-0.2, 0) is 0 Å². The van der Waals surface area contributed by atoms with Crippen molar-refractivity contribution in [2.24, 2.45) is 5.92 Å². The highest BCUT2D eigenvalue weighted by Crippen LogP contribution is 2.13. The van der Waals surface area contributed by atoms with Gasteiger partial charge >= 0.3 is 0 Å². The molecule has 0 aromatic heterocycles. The van der Waals surface area contributed by atoms with Crippen LogP contribution in [0.1, 0.15) is 13.3 Å². The number of hydrogen-bond donors (Lipinski definition) is 0. The first-order chi connectivity index (χ1) is 4.33. The molecule has 0 amide bonds.